The Balaban J connectivity index is 2.27. The topological polar surface area (TPSA) is 108 Å². The summed E-state index contributed by atoms with van der Waals surface area (Å²) in [6.07, 6.45) is 1.25. The average Bonchev–Trinajstić information content (AvgIpc) is 2.48. The second kappa shape index (κ2) is 9.17. The van der Waals surface area contributed by atoms with E-state index in [1.54, 1.807) is 11.8 Å². The normalized spacial score (nSPS) is 15.4. The van der Waals surface area contributed by atoms with E-state index in [1.165, 1.54) is 0 Å². The molecule has 0 spiro atoms. The first kappa shape index (κ1) is 17.2. The number of nitrogens with one attached hydrogen (secondary N) is 2. The molecule has 1 heterocycles. The van der Waals surface area contributed by atoms with Crippen molar-refractivity contribution in [2.24, 2.45) is 0 Å². The third-order valence-electron chi connectivity index (χ3n) is 3.18. The summed E-state index contributed by atoms with van der Waals surface area (Å²) in [5.74, 6) is -1.38. The van der Waals surface area contributed by atoms with Crippen LogP contribution in [0, 0.1) is 0 Å². The van der Waals surface area contributed by atoms with Crippen LogP contribution in [0.1, 0.15) is 26.2 Å². The molecule has 1 rings (SSSR count). The number of ether oxygens (including phenoxy) is 1. The maximum Gasteiger partial charge on any atom is 0.409 e. The van der Waals surface area contributed by atoms with Gasteiger partial charge >= 0.3 is 17.9 Å². The molecule has 8 heteroatoms. The third-order valence-corrected chi connectivity index (χ3v) is 3.18. The number of rotatable bonds is 5. The van der Waals surface area contributed by atoms with Gasteiger partial charge in [0.1, 0.15) is 0 Å². The number of carbonyl (C=O) groups excluding carboxylic acids is 3. The zero-order chi connectivity index (χ0) is 15.7. The van der Waals surface area contributed by atoms with Crippen LogP contribution in [0.2, 0.25) is 0 Å². The molecule has 0 aliphatic carbocycles. The quantitative estimate of drug-likeness (QED) is 0.456. The second-order valence-corrected chi connectivity index (χ2v) is 4.77. The van der Waals surface area contributed by atoms with Crippen molar-refractivity contribution in [3.05, 3.63) is 0 Å². The van der Waals surface area contributed by atoms with Gasteiger partial charge in [-0.3, -0.25) is 9.59 Å². The first-order valence-electron chi connectivity index (χ1n) is 7.19. The van der Waals surface area contributed by atoms with Gasteiger partial charge in [-0.2, -0.15) is 0 Å². The zero-order valence-corrected chi connectivity index (χ0v) is 12.3. The molecule has 0 aromatic heterocycles. The lowest BCUT2D eigenvalue weighted by atomic mass is 10.1. The van der Waals surface area contributed by atoms with Crippen LogP contribution in [0.25, 0.3) is 0 Å². The predicted octanol–water partition coefficient (Wildman–Crippen LogP) is -0.778. The van der Waals surface area contributed by atoms with Crippen molar-refractivity contribution in [2.45, 2.75) is 32.2 Å². The summed E-state index contributed by atoms with van der Waals surface area (Å²) < 4.78 is 4.91. The maximum atomic E-state index is 11.6. The number of hydrogen-bond acceptors (Lipinski definition) is 5. The maximum absolute atomic E-state index is 11.6. The van der Waals surface area contributed by atoms with E-state index in [-0.39, 0.29) is 25.3 Å². The van der Waals surface area contributed by atoms with Gasteiger partial charge in [-0.25, -0.2) is 4.79 Å². The molecule has 0 aromatic rings. The number of nitrogens with zero attached hydrogens (tertiary/aromatic N) is 1. The lowest BCUT2D eigenvalue weighted by molar-refractivity contribution is -0.139. The van der Waals surface area contributed by atoms with Gasteiger partial charge in [-0.15, -0.1) is 0 Å². The van der Waals surface area contributed by atoms with Crippen molar-refractivity contribution in [2.75, 3.05) is 32.8 Å². The molecule has 3 N–H and O–H groups in total. The van der Waals surface area contributed by atoms with Gasteiger partial charge < -0.3 is 25.4 Å². The molecule has 0 bridgehead atoms. The smallest absolute Gasteiger partial charge is 0.409 e. The van der Waals surface area contributed by atoms with Crippen molar-refractivity contribution < 1.29 is 24.2 Å². The van der Waals surface area contributed by atoms with Crippen LogP contribution in [-0.4, -0.2) is 66.8 Å². The van der Waals surface area contributed by atoms with Crippen LogP contribution in [0.5, 0.6) is 0 Å². The van der Waals surface area contributed by atoms with E-state index in [0.717, 1.165) is 0 Å². The van der Waals surface area contributed by atoms with Crippen LogP contribution < -0.4 is 10.6 Å². The summed E-state index contributed by atoms with van der Waals surface area (Å²) in [5, 5.41) is 13.7. The Bertz CT molecular complexity index is 367. The number of likely N-dealkylation sites (tertiary alicyclic amines) is 1. The standard InChI is InChI=1S/C13H23N3O5/c1-2-21-13(20)16-7-4-10(5-8-16)15-12(19)11(18)14-6-3-9-17/h10,17H,2-9H2,1H3,(H,14,18)(H,15,19). The first-order valence-corrected chi connectivity index (χ1v) is 7.19. The Morgan fingerprint density at radius 1 is 1.24 bits per heavy atom. The van der Waals surface area contributed by atoms with Crippen LogP contribution >= 0.6 is 0 Å². The average molecular weight is 301 g/mol. The number of piperidine rings is 1. The number of hydrogen-bond donors (Lipinski definition) is 3. The highest BCUT2D eigenvalue weighted by Crippen LogP contribution is 2.11. The molecule has 3 amide bonds. The monoisotopic (exact) mass is 301 g/mol. The molecule has 0 saturated carbocycles. The van der Waals surface area contributed by atoms with Crippen molar-refractivity contribution in [1.29, 1.82) is 0 Å². The van der Waals surface area contributed by atoms with Crippen LogP contribution in [0.4, 0.5) is 4.79 Å². The molecule has 1 fully saturated rings. The highest BCUT2D eigenvalue weighted by atomic mass is 16.6. The minimum absolute atomic E-state index is 0.0335. The predicted molar refractivity (Wildman–Crippen MR) is 74.5 cm³/mol. The third kappa shape index (κ3) is 5.99. The van der Waals surface area contributed by atoms with Gasteiger partial charge in [-0.1, -0.05) is 0 Å². The summed E-state index contributed by atoms with van der Waals surface area (Å²) in [4.78, 5) is 36.2. The second-order valence-electron chi connectivity index (χ2n) is 4.77. The van der Waals surface area contributed by atoms with Gasteiger partial charge in [0.25, 0.3) is 0 Å². The highest BCUT2D eigenvalue weighted by molar-refractivity contribution is 6.35. The summed E-state index contributed by atoms with van der Waals surface area (Å²) in [6.45, 7) is 3.31. The first-order chi connectivity index (χ1) is 10.1. The fraction of sp³-hybridized carbons (Fsp3) is 0.769. The Labute approximate surface area is 123 Å². The summed E-state index contributed by atoms with van der Waals surface area (Å²) in [6, 6.07) is -0.119. The Kier molecular flexibility index (Phi) is 7.52. The lowest BCUT2D eigenvalue weighted by Crippen LogP contribution is -2.50. The summed E-state index contributed by atoms with van der Waals surface area (Å²) >= 11 is 0. The SMILES string of the molecule is CCOC(=O)N1CCC(NC(=O)C(=O)NCCCO)CC1. The molecule has 0 radical (unpaired) electrons. The molecule has 1 saturated heterocycles. The van der Waals surface area contributed by atoms with Crippen LogP contribution in [-0.2, 0) is 14.3 Å². The summed E-state index contributed by atoms with van der Waals surface area (Å²) in [7, 11) is 0. The minimum atomic E-state index is -0.698. The van der Waals surface area contributed by atoms with E-state index in [0.29, 0.717) is 39.0 Å². The van der Waals surface area contributed by atoms with E-state index < -0.39 is 11.8 Å². The Morgan fingerprint density at radius 2 is 1.90 bits per heavy atom. The van der Waals surface area contributed by atoms with Gasteiger partial charge in [-0.05, 0) is 26.2 Å². The Morgan fingerprint density at radius 3 is 2.48 bits per heavy atom. The van der Waals surface area contributed by atoms with Gasteiger partial charge in [0.15, 0.2) is 0 Å². The molecular weight excluding hydrogens is 278 g/mol. The number of carbonyl (C=O) groups is 3. The minimum Gasteiger partial charge on any atom is -0.450 e. The van der Waals surface area contributed by atoms with Gasteiger partial charge in [0.05, 0.1) is 6.61 Å². The van der Waals surface area contributed by atoms with Crippen LogP contribution in [0.3, 0.4) is 0 Å². The van der Waals surface area contributed by atoms with Gasteiger partial charge in [0, 0.05) is 32.3 Å². The van der Waals surface area contributed by atoms with E-state index in [4.69, 9.17) is 9.84 Å². The van der Waals surface area contributed by atoms with Crippen molar-refractivity contribution >= 4 is 17.9 Å². The fourth-order valence-electron chi connectivity index (χ4n) is 2.03. The van der Waals surface area contributed by atoms with Crippen molar-refractivity contribution in [3.63, 3.8) is 0 Å². The molecule has 0 atom stereocenters. The molecule has 1 aliphatic rings. The largest absolute Gasteiger partial charge is 0.450 e. The molecule has 21 heavy (non-hydrogen) atoms. The molecular formula is C13H23N3O5. The highest BCUT2D eigenvalue weighted by Gasteiger charge is 2.26. The molecule has 0 aromatic carbocycles. The van der Waals surface area contributed by atoms with Crippen molar-refractivity contribution in [1.82, 2.24) is 15.5 Å². The van der Waals surface area contributed by atoms with E-state index in [2.05, 4.69) is 10.6 Å². The van der Waals surface area contributed by atoms with Crippen molar-refractivity contribution in [3.8, 4) is 0 Å². The number of amides is 3. The van der Waals surface area contributed by atoms with Crippen LogP contribution in [0.15, 0.2) is 0 Å². The van der Waals surface area contributed by atoms with E-state index in [9.17, 15) is 14.4 Å². The Hall–Kier alpha value is -1.83. The molecule has 8 nitrogen and oxygen atoms in total. The lowest BCUT2D eigenvalue weighted by Gasteiger charge is -2.31. The van der Waals surface area contributed by atoms with E-state index >= 15 is 0 Å². The summed E-state index contributed by atoms with van der Waals surface area (Å²) in [5.41, 5.74) is 0. The molecule has 0 unspecified atom stereocenters. The number of aliphatic hydroxyl groups excluding tert-OH is 1. The number of aliphatic hydroxyl groups is 1. The van der Waals surface area contributed by atoms with E-state index in [1.807, 2.05) is 0 Å². The molecule has 1 aliphatic heterocycles. The fourth-order valence-corrected chi connectivity index (χ4v) is 2.03. The molecule has 120 valence electrons. The van der Waals surface area contributed by atoms with Gasteiger partial charge in [0.2, 0.25) is 0 Å². The zero-order valence-electron chi connectivity index (χ0n) is 12.3.